The van der Waals surface area contributed by atoms with Gasteiger partial charge in [0, 0.05) is 23.7 Å². The van der Waals surface area contributed by atoms with Crippen LogP contribution in [0.3, 0.4) is 0 Å². The van der Waals surface area contributed by atoms with Crippen molar-refractivity contribution in [2.75, 3.05) is 11.9 Å². The van der Waals surface area contributed by atoms with E-state index in [0.717, 1.165) is 0 Å². The van der Waals surface area contributed by atoms with Crippen molar-refractivity contribution in [3.05, 3.63) is 58.1 Å². The molecule has 1 aromatic carbocycles. The van der Waals surface area contributed by atoms with Crippen LogP contribution in [0.5, 0.6) is 0 Å². The number of aliphatic hydroxyl groups excluding tert-OH is 2. The molecule has 3 N–H and O–H groups in total. The number of anilines is 1. The average molecular weight is 345 g/mol. The molecule has 25 heavy (non-hydrogen) atoms. The maximum absolute atomic E-state index is 12.3. The third-order valence-corrected chi connectivity index (χ3v) is 4.10. The van der Waals surface area contributed by atoms with Gasteiger partial charge in [0.15, 0.2) is 0 Å². The molecule has 0 unspecified atom stereocenters. The summed E-state index contributed by atoms with van der Waals surface area (Å²) in [7, 11) is 0. The van der Waals surface area contributed by atoms with Crippen LogP contribution in [0.2, 0.25) is 0 Å². The molecule has 1 aliphatic heterocycles. The maximum atomic E-state index is 12.3. The molecular formula is C17H19N3O5. The minimum atomic E-state index is -0.848. The molecule has 1 fully saturated rings. The van der Waals surface area contributed by atoms with E-state index in [0.29, 0.717) is 11.1 Å². The highest BCUT2D eigenvalue weighted by Gasteiger charge is 2.35. The molecule has 0 spiro atoms. The van der Waals surface area contributed by atoms with Crippen LogP contribution < -0.4 is 11.0 Å². The number of aryl methyl sites for hydroxylation is 1. The zero-order chi connectivity index (χ0) is 18.0. The molecule has 2 heterocycles. The lowest BCUT2D eigenvalue weighted by Gasteiger charge is -2.16. The lowest BCUT2D eigenvalue weighted by Crippen LogP contribution is -2.29. The van der Waals surface area contributed by atoms with Crippen LogP contribution in [0.15, 0.2) is 41.3 Å². The Kier molecular flexibility index (Phi) is 4.93. The zero-order valence-electron chi connectivity index (χ0n) is 13.6. The number of nitrogens with one attached hydrogen (secondary N) is 1. The average Bonchev–Trinajstić information content (AvgIpc) is 2.99. The second kappa shape index (κ2) is 7.14. The Balaban J connectivity index is 1.81. The van der Waals surface area contributed by atoms with Crippen LogP contribution in [0.1, 0.15) is 28.6 Å². The van der Waals surface area contributed by atoms with E-state index in [4.69, 9.17) is 9.84 Å². The van der Waals surface area contributed by atoms with Gasteiger partial charge in [0.05, 0.1) is 12.7 Å². The Morgan fingerprint density at radius 2 is 2.12 bits per heavy atom. The van der Waals surface area contributed by atoms with Crippen LogP contribution in [-0.4, -0.2) is 44.5 Å². The van der Waals surface area contributed by atoms with Crippen LogP contribution in [0.25, 0.3) is 0 Å². The van der Waals surface area contributed by atoms with E-state index in [1.54, 1.807) is 37.3 Å². The number of amides is 1. The lowest BCUT2D eigenvalue weighted by atomic mass is 10.2. The van der Waals surface area contributed by atoms with Crippen LogP contribution in [-0.2, 0) is 4.74 Å². The van der Waals surface area contributed by atoms with Crippen LogP contribution >= 0.6 is 0 Å². The van der Waals surface area contributed by atoms with E-state index in [1.807, 2.05) is 0 Å². The number of aliphatic hydroxyl groups is 2. The molecule has 1 aliphatic rings. The Bertz CT molecular complexity index is 821. The number of nitrogens with zero attached hydrogens (tertiary/aromatic N) is 2. The van der Waals surface area contributed by atoms with Crippen molar-refractivity contribution in [1.29, 1.82) is 0 Å². The number of carbonyl (C=O) groups is 1. The topological polar surface area (TPSA) is 114 Å². The molecule has 0 bridgehead atoms. The minimum absolute atomic E-state index is 0.173. The van der Waals surface area contributed by atoms with E-state index >= 15 is 0 Å². The summed E-state index contributed by atoms with van der Waals surface area (Å²) in [6.45, 7) is 1.38. The van der Waals surface area contributed by atoms with Crippen molar-refractivity contribution >= 4 is 11.7 Å². The van der Waals surface area contributed by atoms with Crippen molar-refractivity contribution in [2.45, 2.75) is 31.8 Å². The van der Waals surface area contributed by atoms with Gasteiger partial charge in [-0.25, -0.2) is 4.79 Å². The number of hydrogen-bond donors (Lipinski definition) is 3. The summed E-state index contributed by atoms with van der Waals surface area (Å²) >= 11 is 0. The van der Waals surface area contributed by atoms with Crippen molar-refractivity contribution in [1.82, 2.24) is 9.55 Å². The largest absolute Gasteiger partial charge is 0.394 e. The second-order valence-corrected chi connectivity index (χ2v) is 5.90. The normalized spacial score (nSPS) is 22.8. The van der Waals surface area contributed by atoms with Gasteiger partial charge in [-0.1, -0.05) is 18.2 Å². The first-order valence-corrected chi connectivity index (χ1v) is 7.90. The van der Waals surface area contributed by atoms with Gasteiger partial charge in [0.25, 0.3) is 5.91 Å². The fourth-order valence-electron chi connectivity index (χ4n) is 2.72. The molecule has 1 aromatic heterocycles. The number of ether oxygens (including phenoxy) is 1. The minimum Gasteiger partial charge on any atom is -0.394 e. The molecule has 0 radical (unpaired) electrons. The number of carbonyl (C=O) groups excluding carboxylic acids is 1. The van der Waals surface area contributed by atoms with Gasteiger partial charge in [-0.05, 0) is 19.1 Å². The third-order valence-electron chi connectivity index (χ3n) is 4.10. The fourth-order valence-corrected chi connectivity index (χ4v) is 2.72. The summed E-state index contributed by atoms with van der Waals surface area (Å²) in [6.07, 6.45) is -0.575. The summed E-state index contributed by atoms with van der Waals surface area (Å²) in [5, 5.41) is 21.6. The van der Waals surface area contributed by atoms with E-state index in [2.05, 4.69) is 10.3 Å². The highest BCUT2D eigenvalue weighted by atomic mass is 16.5. The Morgan fingerprint density at radius 1 is 1.40 bits per heavy atom. The van der Waals surface area contributed by atoms with Gasteiger partial charge < -0.3 is 20.3 Å². The molecule has 3 rings (SSSR count). The molecule has 0 saturated carbocycles. The summed E-state index contributed by atoms with van der Waals surface area (Å²) in [5.41, 5.74) is 0.431. The van der Waals surface area contributed by atoms with E-state index in [1.165, 1.54) is 10.8 Å². The standard InChI is InChI=1S/C17H19N3O5/c1-10-8-20(14-7-12(22)13(9-21)25-14)17(24)19-15(10)18-16(23)11-5-3-2-4-6-11/h2-6,8,12-14,21-22H,7,9H2,1H3,(H,18,19,23,24)/t12-,13-,14-/m1/s1. The zero-order valence-corrected chi connectivity index (χ0v) is 13.6. The van der Waals surface area contributed by atoms with Crippen molar-refractivity contribution in [3.8, 4) is 0 Å². The molecule has 2 aromatic rings. The highest BCUT2D eigenvalue weighted by Crippen LogP contribution is 2.27. The lowest BCUT2D eigenvalue weighted by molar-refractivity contribution is -0.0459. The summed E-state index contributed by atoms with van der Waals surface area (Å²) in [6, 6.07) is 8.61. The van der Waals surface area contributed by atoms with E-state index < -0.39 is 24.1 Å². The highest BCUT2D eigenvalue weighted by molar-refractivity contribution is 6.03. The summed E-state index contributed by atoms with van der Waals surface area (Å²) < 4.78 is 6.73. The Hall–Kier alpha value is -2.55. The smallest absolute Gasteiger partial charge is 0.351 e. The van der Waals surface area contributed by atoms with Crippen molar-refractivity contribution in [3.63, 3.8) is 0 Å². The molecule has 132 valence electrons. The van der Waals surface area contributed by atoms with E-state index in [-0.39, 0.29) is 24.8 Å². The van der Waals surface area contributed by atoms with Crippen LogP contribution in [0.4, 0.5) is 5.82 Å². The Labute approximate surface area is 143 Å². The molecule has 0 aliphatic carbocycles. The number of hydrogen-bond acceptors (Lipinski definition) is 6. The predicted molar refractivity (Wildman–Crippen MR) is 89.2 cm³/mol. The third kappa shape index (κ3) is 3.60. The first kappa shape index (κ1) is 17.3. The van der Waals surface area contributed by atoms with Gasteiger partial charge in [0.1, 0.15) is 18.1 Å². The first-order valence-electron chi connectivity index (χ1n) is 7.90. The summed E-state index contributed by atoms with van der Waals surface area (Å²) in [4.78, 5) is 28.4. The second-order valence-electron chi connectivity index (χ2n) is 5.90. The van der Waals surface area contributed by atoms with Crippen molar-refractivity contribution in [2.24, 2.45) is 0 Å². The Morgan fingerprint density at radius 3 is 2.76 bits per heavy atom. The quantitative estimate of drug-likeness (QED) is 0.741. The SMILES string of the molecule is Cc1cn([C@H]2C[C@@H](O)[C@@H](CO)O2)c(=O)nc1NC(=O)c1ccccc1. The predicted octanol–water partition coefficient (Wildman–Crippen LogP) is 0.445. The molecular weight excluding hydrogens is 326 g/mol. The fraction of sp³-hybridized carbons (Fsp3) is 0.353. The molecule has 1 saturated heterocycles. The molecule has 3 atom stereocenters. The van der Waals surface area contributed by atoms with Gasteiger partial charge in [-0.3, -0.25) is 9.36 Å². The van der Waals surface area contributed by atoms with Gasteiger partial charge in [0.2, 0.25) is 0 Å². The monoisotopic (exact) mass is 345 g/mol. The van der Waals surface area contributed by atoms with E-state index in [9.17, 15) is 14.7 Å². The van der Waals surface area contributed by atoms with Gasteiger partial charge >= 0.3 is 5.69 Å². The van der Waals surface area contributed by atoms with Gasteiger partial charge in [-0.15, -0.1) is 0 Å². The maximum Gasteiger partial charge on any atom is 0.351 e. The van der Waals surface area contributed by atoms with Crippen LogP contribution in [0, 0.1) is 6.92 Å². The number of benzene rings is 1. The summed E-state index contributed by atoms with van der Waals surface area (Å²) in [5.74, 6) is -0.186. The first-order chi connectivity index (χ1) is 12.0. The molecule has 1 amide bonds. The van der Waals surface area contributed by atoms with Gasteiger partial charge in [-0.2, -0.15) is 4.98 Å². The molecule has 8 heteroatoms. The van der Waals surface area contributed by atoms with Crippen molar-refractivity contribution < 1.29 is 19.7 Å². The number of rotatable bonds is 4. The number of aromatic nitrogens is 2. The molecule has 8 nitrogen and oxygen atoms in total.